The van der Waals surface area contributed by atoms with Gasteiger partial charge in [-0.15, -0.1) is 0 Å². The van der Waals surface area contributed by atoms with Crippen molar-refractivity contribution in [3.63, 3.8) is 0 Å². The fourth-order valence-electron chi connectivity index (χ4n) is 2.86. The third-order valence-corrected chi connectivity index (χ3v) is 4.48. The number of pyridine rings is 1. The van der Waals surface area contributed by atoms with Crippen LogP contribution in [0, 0.1) is 13.8 Å². The minimum atomic E-state index is -0.715. The van der Waals surface area contributed by atoms with E-state index in [1.807, 2.05) is 20.8 Å². The molecule has 4 heteroatoms. The molecule has 1 aromatic heterocycles. The zero-order chi connectivity index (χ0) is 19.4. The number of hydrogen-bond donors (Lipinski definition) is 0. The average molecular weight is 353 g/mol. The van der Waals surface area contributed by atoms with E-state index >= 15 is 0 Å². The lowest BCUT2D eigenvalue weighted by atomic mass is 9.93. The van der Waals surface area contributed by atoms with E-state index in [2.05, 4.69) is 44.7 Å². The Labute approximate surface area is 155 Å². The smallest absolute Gasteiger partial charge is 0.437 e. The van der Waals surface area contributed by atoms with Crippen molar-refractivity contribution >= 4 is 11.7 Å². The Balaban J connectivity index is 2.54. The minimum absolute atomic E-state index is 0.207. The fourth-order valence-corrected chi connectivity index (χ4v) is 2.86. The van der Waals surface area contributed by atoms with Crippen LogP contribution >= 0.6 is 0 Å². The van der Waals surface area contributed by atoms with Gasteiger partial charge in [-0.3, -0.25) is 4.98 Å². The second-order valence-corrected chi connectivity index (χ2v) is 6.88. The number of aryl methyl sites for hydroxylation is 1. The van der Waals surface area contributed by atoms with Gasteiger partial charge in [0.05, 0.1) is 12.8 Å². The fraction of sp³-hybridized carbons (Fsp3) is 0.364. The van der Waals surface area contributed by atoms with Gasteiger partial charge in [-0.1, -0.05) is 50.3 Å². The first-order chi connectivity index (χ1) is 12.2. The van der Waals surface area contributed by atoms with Gasteiger partial charge in [0, 0.05) is 23.2 Å². The topological polar surface area (TPSA) is 48.4 Å². The summed E-state index contributed by atoms with van der Waals surface area (Å²) >= 11 is 0. The maximum absolute atomic E-state index is 11.8. The number of allylic oxidation sites excluding steroid dienone is 1. The zero-order valence-electron chi connectivity index (χ0n) is 16.5. The molecule has 0 saturated carbocycles. The first-order valence-electron chi connectivity index (χ1n) is 8.75. The molecular weight excluding hydrogens is 326 g/mol. The van der Waals surface area contributed by atoms with Gasteiger partial charge in [-0.2, -0.15) is 0 Å². The van der Waals surface area contributed by atoms with Crippen LogP contribution in [-0.2, 0) is 11.2 Å². The van der Waals surface area contributed by atoms with Crippen molar-refractivity contribution in [1.82, 2.24) is 4.98 Å². The quantitative estimate of drug-likeness (QED) is 0.657. The van der Waals surface area contributed by atoms with Crippen molar-refractivity contribution in [2.75, 3.05) is 7.11 Å². The van der Waals surface area contributed by atoms with Crippen LogP contribution in [0.25, 0.3) is 5.57 Å². The molecule has 1 aromatic carbocycles. The van der Waals surface area contributed by atoms with E-state index in [0.717, 1.165) is 39.2 Å². The van der Waals surface area contributed by atoms with E-state index in [1.165, 1.54) is 7.11 Å². The Kier molecular flexibility index (Phi) is 6.19. The summed E-state index contributed by atoms with van der Waals surface area (Å²) in [6, 6.07) is 8.26. The molecule has 0 atom stereocenters. The number of rotatable bonds is 5. The highest BCUT2D eigenvalue weighted by Crippen LogP contribution is 2.34. The average Bonchev–Trinajstić information content (AvgIpc) is 2.60. The second-order valence-electron chi connectivity index (χ2n) is 6.88. The zero-order valence-corrected chi connectivity index (χ0v) is 16.5. The molecule has 0 N–H and O–H groups in total. The summed E-state index contributed by atoms with van der Waals surface area (Å²) in [5, 5.41) is 0. The monoisotopic (exact) mass is 353 g/mol. The van der Waals surface area contributed by atoms with Crippen LogP contribution in [0.3, 0.4) is 0 Å². The van der Waals surface area contributed by atoms with Crippen molar-refractivity contribution < 1.29 is 14.3 Å². The molecule has 0 fully saturated rings. The van der Waals surface area contributed by atoms with E-state index < -0.39 is 6.16 Å². The van der Waals surface area contributed by atoms with E-state index in [-0.39, 0.29) is 5.92 Å². The van der Waals surface area contributed by atoms with Crippen LogP contribution in [0.4, 0.5) is 4.79 Å². The van der Waals surface area contributed by atoms with Gasteiger partial charge in [0.1, 0.15) is 5.75 Å². The van der Waals surface area contributed by atoms with Crippen molar-refractivity contribution in [1.29, 1.82) is 0 Å². The Morgan fingerprint density at radius 1 is 1.19 bits per heavy atom. The molecule has 2 rings (SSSR count). The number of carbonyl (C=O) groups is 1. The van der Waals surface area contributed by atoms with Crippen LogP contribution in [0.2, 0.25) is 0 Å². The van der Waals surface area contributed by atoms with Crippen LogP contribution in [0.15, 0.2) is 30.8 Å². The molecule has 1 heterocycles. The Morgan fingerprint density at radius 2 is 1.81 bits per heavy atom. The van der Waals surface area contributed by atoms with Crippen molar-refractivity contribution in [3.8, 4) is 5.75 Å². The molecule has 2 aromatic rings. The van der Waals surface area contributed by atoms with E-state index in [0.29, 0.717) is 12.2 Å². The van der Waals surface area contributed by atoms with Gasteiger partial charge < -0.3 is 9.47 Å². The molecule has 0 amide bonds. The van der Waals surface area contributed by atoms with Crippen molar-refractivity contribution in [2.45, 2.75) is 47.0 Å². The number of benzene rings is 1. The third-order valence-electron chi connectivity index (χ3n) is 4.48. The molecule has 0 aliphatic carbocycles. The van der Waals surface area contributed by atoms with Crippen molar-refractivity contribution in [3.05, 3.63) is 64.5 Å². The summed E-state index contributed by atoms with van der Waals surface area (Å²) in [5.41, 5.74) is 6.84. The Morgan fingerprint density at radius 3 is 2.31 bits per heavy atom. The van der Waals surface area contributed by atoms with Crippen molar-refractivity contribution in [2.24, 2.45) is 0 Å². The first kappa shape index (κ1) is 19.7. The van der Waals surface area contributed by atoms with Gasteiger partial charge in [0.15, 0.2) is 0 Å². The molecule has 4 nitrogen and oxygen atoms in total. The molecule has 0 radical (unpaired) electrons. The van der Waals surface area contributed by atoms with Crippen LogP contribution < -0.4 is 4.74 Å². The second kappa shape index (κ2) is 8.17. The predicted octanol–water partition coefficient (Wildman–Crippen LogP) is 5.59. The lowest BCUT2D eigenvalue weighted by molar-refractivity contribution is 0.120. The SMILES string of the molecule is C=C(C)c1ccc(Cc2c(C(C)C)nc(C)c(C)c2OC(=O)OC)cc1. The van der Waals surface area contributed by atoms with Crippen LogP contribution in [0.1, 0.15) is 60.3 Å². The predicted molar refractivity (Wildman–Crippen MR) is 105 cm³/mol. The molecule has 0 aliphatic rings. The molecule has 26 heavy (non-hydrogen) atoms. The van der Waals surface area contributed by atoms with Gasteiger partial charge in [-0.25, -0.2) is 4.79 Å². The number of aromatic nitrogens is 1. The van der Waals surface area contributed by atoms with Gasteiger partial charge in [0.25, 0.3) is 0 Å². The summed E-state index contributed by atoms with van der Waals surface area (Å²) in [6.07, 6.45) is -0.0861. The summed E-state index contributed by atoms with van der Waals surface area (Å²) in [6.45, 7) is 14.0. The minimum Gasteiger partial charge on any atom is -0.437 e. The van der Waals surface area contributed by atoms with Gasteiger partial charge in [0.2, 0.25) is 0 Å². The summed E-state index contributed by atoms with van der Waals surface area (Å²) in [7, 11) is 1.31. The Hall–Kier alpha value is -2.62. The summed E-state index contributed by atoms with van der Waals surface area (Å²) < 4.78 is 10.2. The lowest BCUT2D eigenvalue weighted by Crippen LogP contribution is -2.14. The molecule has 0 aliphatic heterocycles. The Bertz CT molecular complexity index is 820. The molecule has 0 bridgehead atoms. The highest BCUT2D eigenvalue weighted by atomic mass is 16.7. The van der Waals surface area contributed by atoms with Gasteiger partial charge in [-0.05, 0) is 37.8 Å². The molecule has 0 unspecified atom stereocenters. The van der Waals surface area contributed by atoms with E-state index in [4.69, 9.17) is 14.5 Å². The molecular formula is C22H27NO3. The highest BCUT2D eigenvalue weighted by Gasteiger charge is 2.21. The number of methoxy groups -OCH3 is 1. The maximum atomic E-state index is 11.8. The number of nitrogens with zero attached hydrogens (tertiary/aromatic N) is 1. The molecule has 0 saturated heterocycles. The van der Waals surface area contributed by atoms with E-state index in [9.17, 15) is 4.79 Å². The first-order valence-corrected chi connectivity index (χ1v) is 8.75. The van der Waals surface area contributed by atoms with Gasteiger partial charge >= 0.3 is 6.16 Å². The summed E-state index contributed by atoms with van der Waals surface area (Å²) in [4.78, 5) is 16.5. The number of hydrogen-bond acceptors (Lipinski definition) is 4. The molecule has 138 valence electrons. The number of carbonyl (C=O) groups excluding carboxylic acids is 1. The normalized spacial score (nSPS) is 10.7. The maximum Gasteiger partial charge on any atom is 0.513 e. The third kappa shape index (κ3) is 4.31. The lowest BCUT2D eigenvalue weighted by Gasteiger charge is -2.20. The largest absolute Gasteiger partial charge is 0.513 e. The number of ether oxygens (including phenoxy) is 2. The molecule has 0 spiro atoms. The van der Waals surface area contributed by atoms with E-state index in [1.54, 1.807) is 0 Å². The van der Waals surface area contributed by atoms with Crippen LogP contribution in [-0.4, -0.2) is 18.2 Å². The standard InChI is InChI=1S/C22H27NO3/c1-13(2)18-10-8-17(9-11-18)12-19-20(14(3)4)23-16(6)15(5)21(19)26-22(24)25-7/h8-11,14H,1,12H2,2-7H3. The van der Waals surface area contributed by atoms with Crippen LogP contribution in [0.5, 0.6) is 5.75 Å². The summed E-state index contributed by atoms with van der Waals surface area (Å²) in [5.74, 6) is 0.760. The highest BCUT2D eigenvalue weighted by molar-refractivity contribution is 5.66.